The minimum absolute atomic E-state index is 0.130. The maximum Gasteiger partial charge on any atom is 0.270 e. The standard InChI is InChI=1S/C26H32N6O2/c1-16-23(17(2)31-30-16)18-8-10-20(11-9-18)28-26(34)24(19-6-4-3-5-7-19)29-25(33)22-14-15-27-32(22)21-12-13-21/h8-11,14-15,19,21,24H,3-7,12-13H2,1-2H3,(H,28,34)(H,29,33)(H,30,31)/t24-/m0/s1. The molecular weight excluding hydrogens is 428 g/mol. The number of rotatable bonds is 7. The Morgan fingerprint density at radius 2 is 1.76 bits per heavy atom. The van der Waals surface area contributed by atoms with E-state index < -0.39 is 6.04 Å². The smallest absolute Gasteiger partial charge is 0.270 e. The Bertz CT molecular complexity index is 1150. The first-order chi connectivity index (χ1) is 16.5. The van der Waals surface area contributed by atoms with Crippen molar-refractivity contribution in [1.82, 2.24) is 25.3 Å². The number of carbonyl (C=O) groups is 2. The average molecular weight is 461 g/mol. The lowest BCUT2D eigenvalue weighted by Gasteiger charge is -2.30. The van der Waals surface area contributed by atoms with Crippen molar-refractivity contribution in [3.05, 3.63) is 53.6 Å². The molecule has 5 rings (SSSR count). The summed E-state index contributed by atoms with van der Waals surface area (Å²) >= 11 is 0. The minimum Gasteiger partial charge on any atom is -0.339 e. The molecule has 2 saturated carbocycles. The van der Waals surface area contributed by atoms with Gasteiger partial charge in [-0.15, -0.1) is 0 Å². The highest BCUT2D eigenvalue weighted by atomic mass is 16.2. The Labute approximate surface area is 199 Å². The quantitative estimate of drug-likeness (QED) is 0.481. The predicted molar refractivity (Wildman–Crippen MR) is 130 cm³/mol. The summed E-state index contributed by atoms with van der Waals surface area (Å²) in [7, 11) is 0. The molecule has 3 N–H and O–H groups in total. The van der Waals surface area contributed by atoms with Crippen molar-refractivity contribution in [3.8, 4) is 11.1 Å². The molecule has 2 aliphatic rings. The number of aromatic nitrogens is 4. The third kappa shape index (κ3) is 4.62. The normalized spacial score (nSPS) is 17.4. The van der Waals surface area contributed by atoms with Gasteiger partial charge in [0.15, 0.2) is 0 Å². The second-order valence-corrected chi connectivity index (χ2v) is 9.62. The molecule has 0 spiro atoms. The van der Waals surface area contributed by atoms with Crippen molar-refractivity contribution in [2.75, 3.05) is 5.32 Å². The van der Waals surface area contributed by atoms with Crippen molar-refractivity contribution >= 4 is 17.5 Å². The van der Waals surface area contributed by atoms with Crippen molar-refractivity contribution < 1.29 is 9.59 Å². The monoisotopic (exact) mass is 460 g/mol. The zero-order valence-corrected chi connectivity index (χ0v) is 19.8. The summed E-state index contributed by atoms with van der Waals surface area (Å²) in [5.74, 6) is -0.261. The van der Waals surface area contributed by atoms with Crippen LogP contribution in [0.1, 0.15) is 72.9 Å². The Morgan fingerprint density at radius 3 is 2.41 bits per heavy atom. The van der Waals surface area contributed by atoms with Crippen LogP contribution in [0.25, 0.3) is 11.1 Å². The second kappa shape index (κ2) is 9.44. The third-order valence-electron chi connectivity index (χ3n) is 7.06. The number of hydrogen-bond donors (Lipinski definition) is 3. The number of H-pyrrole nitrogens is 1. The molecule has 8 nitrogen and oxygen atoms in total. The molecule has 0 saturated heterocycles. The van der Waals surface area contributed by atoms with E-state index >= 15 is 0 Å². The van der Waals surface area contributed by atoms with E-state index in [1.165, 1.54) is 6.42 Å². The van der Waals surface area contributed by atoms with E-state index in [9.17, 15) is 9.59 Å². The number of anilines is 1. The summed E-state index contributed by atoms with van der Waals surface area (Å²) in [5, 5.41) is 17.7. The molecule has 0 bridgehead atoms. The first-order valence-corrected chi connectivity index (χ1v) is 12.3. The molecule has 2 aromatic heterocycles. The van der Waals surface area contributed by atoms with E-state index in [1.54, 1.807) is 16.9 Å². The summed E-state index contributed by atoms with van der Waals surface area (Å²) < 4.78 is 1.80. The molecule has 34 heavy (non-hydrogen) atoms. The lowest BCUT2D eigenvalue weighted by atomic mass is 9.83. The lowest BCUT2D eigenvalue weighted by molar-refractivity contribution is -0.119. The molecule has 1 atom stereocenters. The molecule has 2 fully saturated rings. The topological polar surface area (TPSA) is 105 Å². The Morgan fingerprint density at radius 1 is 1.03 bits per heavy atom. The number of benzene rings is 1. The van der Waals surface area contributed by atoms with Gasteiger partial charge in [0.25, 0.3) is 5.91 Å². The zero-order chi connectivity index (χ0) is 23.7. The van der Waals surface area contributed by atoms with Crippen LogP contribution < -0.4 is 10.6 Å². The van der Waals surface area contributed by atoms with Gasteiger partial charge in [0.05, 0.1) is 11.7 Å². The van der Waals surface area contributed by atoms with E-state index in [0.717, 1.165) is 61.0 Å². The second-order valence-electron chi connectivity index (χ2n) is 9.62. The van der Waals surface area contributed by atoms with Gasteiger partial charge in [-0.3, -0.25) is 19.4 Å². The van der Waals surface area contributed by atoms with Gasteiger partial charge < -0.3 is 10.6 Å². The first-order valence-electron chi connectivity index (χ1n) is 12.3. The molecule has 8 heteroatoms. The minimum atomic E-state index is -0.576. The fourth-order valence-electron chi connectivity index (χ4n) is 5.10. The van der Waals surface area contributed by atoms with Crippen molar-refractivity contribution in [1.29, 1.82) is 0 Å². The molecule has 2 aliphatic carbocycles. The van der Waals surface area contributed by atoms with Gasteiger partial charge in [-0.05, 0) is 69.2 Å². The summed E-state index contributed by atoms with van der Waals surface area (Å²) in [5.41, 5.74) is 5.33. The zero-order valence-electron chi connectivity index (χ0n) is 19.8. The van der Waals surface area contributed by atoms with Crippen LogP contribution >= 0.6 is 0 Å². The largest absolute Gasteiger partial charge is 0.339 e. The Hall–Kier alpha value is -3.42. The van der Waals surface area contributed by atoms with Gasteiger partial charge in [-0.25, -0.2) is 0 Å². The summed E-state index contributed by atoms with van der Waals surface area (Å²) in [6, 6.07) is 9.25. The molecule has 2 heterocycles. The van der Waals surface area contributed by atoms with E-state index in [0.29, 0.717) is 17.4 Å². The van der Waals surface area contributed by atoms with Crippen LogP contribution in [0.15, 0.2) is 36.5 Å². The molecule has 0 unspecified atom stereocenters. The van der Waals surface area contributed by atoms with Crippen molar-refractivity contribution in [2.45, 2.75) is 70.9 Å². The molecule has 0 aliphatic heterocycles. The maximum absolute atomic E-state index is 13.4. The van der Waals surface area contributed by atoms with Crippen molar-refractivity contribution in [2.24, 2.45) is 5.92 Å². The summed E-state index contributed by atoms with van der Waals surface area (Å²) in [4.78, 5) is 26.6. The van der Waals surface area contributed by atoms with Crippen LogP contribution in [0.5, 0.6) is 0 Å². The first kappa shape index (κ1) is 22.4. The van der Waals surface area contributed by atoms with E-state index in [2.05, 4.69) is 25.9 Å². The Balaban J connectivity index is 1.32. The number of aromatic amines is 1. The van der Waals surface area contributed by atoms with Gasteiger partial charge >= 0.3 is 0 Å². The average Bonchev–Trinajstić information content (AvgIpc) is 3.48. The van der Waals surface area contributed by atoms with Gasteiger partial charge in [0.2, 0.25) is 5.91 Å². The van der Waals surface area contributed by atoms with Gasteiger partial charge in [-0.2, -0.15) is 10.2 Å². The van der Waals surface area contributed by atoms with Gasteiger partial charge in [0.1, 0.15) is 11.7 Å². The van der Waals surface area contributed by atoms with Crippen molar-refractivity contribution in [3.63, 3.8) is 0 Å². The van der Waals surface area contributed by atoms with Crippen LogP contribution in [-0.2, 0) is 4.79 Å². The van der Waals surface area contributed by atoms with Crippen LogP contribution in [0.2, 0.25) is 0 Å². The number of amides is 2. The molecule has 178 valence electrons. The molecule has 2 amide bonds. The molecule has 3 aromatic rings. The van der Waals surface area contributed by atoms with Gasteiger partial charge in [-0.1, -0.05) is 31.4 Å². The summed E-state index contributed by atoms with van der Waals surface area (Å²) in [6.07, 6.45) is 8.99. The third-order valence-corrected chi connectivity index (χ3v) is 7.06. The van der Waals surface area contributed by atoms with E-state index in [1.807, 2.05) is 38.1 Å². The lowest BCUT2D eigenvalue weighted by Crippen LogP contribution is -2.49. The fraction of sp³-hybridized carbons (Fsp3) is 0.462. The van der Waals surface area contributed by atoms with Crippen LogP contribution in [-0.4, -0.2) is 37.8 Å². The number of hydrogen-bond acceptors (Lipinski definition) is 4. The van der Waals surface area contributed by atoms with Crippen LogP contribution in [0.4, 0.5) is 5.69 Å². The summed E-state index contributed by atoms with van der Waals surface area (Å²) in [6.45, 7) is 3.97. The van der Waals surface area contributed by atoms with E-state index in [4.69, 9.17) is 0 Å². The van der Waals surface area contributed by atoms with Crippen LogP contribution in [0.3, 0.4) is 0 Å². The molecule has 1 aromatic carbocycles. The van der Waals surface area contributed by atoms with Gasteiger partial charge in [0, 0.05) is 23.1 Å². The number of aryl methyl sites for hydroxylation is 2. The SMILES string of the molecule is Cc1n[nH]c(C)c1-c1ccc(NC(=O)[C@@H](NC(=O)c2ccnn2C2CC2)C2CCCCC2)cc1. The number of carbonyl (C=O) groups excluding carboxylic acids is 2. The van der Waals surface area contributed by atoms with Crippen LogP contribution in [0, 0.1) is 19.8 Å². The highest BCUT2D eigenvalue weighted by molar-refractivity contribution is 6.00. The number of nitrogens with zero attached hydrogens (tertiary/aromatic N) is 3. The maximum atomic E-state index is 13.4. The molecule has 0 radical (unpaired) electrons. The highest BCUT2D eigenvalue weighted by Crippen LogP contribution is 2.35. The molecular formula is C26H32N6O2. The fourth-order valence-corrected chi connectivity index (χ4v) is 5.10. The highest BCUT2D eigenvalue weighted by Gasteiger charge is 2.34. The van der Waals surface area contributed by atoms with E-state index in [-0.39, 0.29) is 17.7 Å². The predicted octanol–water partition coefficient (Wildman–Crippen LogP) is 4.54. The number of nitrogens with one attached hydrogen (secondary N) is 3. The Kier molecular flexibility index (Phi) is 6.22.